The van der Waals surface area contributed by atoms with Crippen LogP contribution in [0.5, 0.6) is 5.75 Å². The number of nitrogens with zero attached hydrogens (tertiary/aromatic N) is 2. The van der Waals surface area contributed by atoms with Crippen LogP contribution in [0.1, 0.15) is 66.7 Å². The van der Waals surface area contributed by atoms with Crippen LogP contribution < -0.4 is 9.64 Å². The Morgan fingerprint density at radius 2 is 1.87 bits per heavy atom. The fourth-order valence-electron chi connectivity index (χ4n) is 4.02. The summed E-state index contributed by atoms with van der Waals surface area (Å²) < 4.78 is 10.9. The summed E-state index contributed by atoms with van der Waals surface area (Å²) in [5.41, 5.74) is 0.648. The molecular formula is C23H36N2O5. The summed E-state index contributed by atoms with van der Waals surface area (Å²) in [4.78, 5) is 26.0. The quantitative estimate of drug-likeness (QED) is 0.288. The lowest BCUT2D eigenvalue weighted by Crippen LogP contribution is -2.39. The second-order valence-electron chi connectivity index (χ2n) is 8.78. The monoisotopic (exact) mass is 420 g/mol. The summed E-state index contributed by atoms with van der Waals surface area (Å²) in [6.07, 6.45) is 4.85. The Bertz CT molecular complexity index is 714. The Hall–Kier alpha value is -2.31. The predicted octanol–water partition coefficient (Wildman–Crippen LogP) is 5.36. The fourth-order valence-corrected chi connectivity index (χ4v) is 4.02. The molecule has 0 spiro atoms. The van der Waals surface area contributed by atoms with Gasteiger partial charge >= 0.3 is 5.97 Å². The third-order valence-electron chi connectivity index (χ3n) is 5.42. The van der Waals surface area contributed by atoms with Gasteiger partial charge in [0, 0.05) is 18.5 Å². The van der Waals surface area contributed by atoms with Crippen LogP contribution in [0.15, 0.2) is 18.2 Å². The van der Waals surface area contributed by atoms with Gasteiger partial charge in [0.15, 0.2) is 6.10 Å². The molecule has 1 fully saturated rings. The van der Waals surface area contributed by atoms with Crippen LogP contribution in [-0.4, -0.2) is 36.2 Å². The molecular weight excluding hydrogens is 384 g/mol. The maximum absolute atomic E-state index is 12.2. The minimum absolute atomic E-state index is 0.0186. The first-order valence-electron chi connectivity index (χ1n) is 11.1. The number of nitro benzene ring substituents is 1. The molecule has 1 atom stereocenters. The fraction of sp³-hybridized carbons (Fsp3) is 0.696. The van der Waals surface area contributed by atoms with Crippen molar-refractivity contribution in [3.05, 3.63) is 28.3 Å². The van der Waals surface area contributed by atoms with E-state index < -0.39 is 12.1 Å². The summed E-state index contributed by atoms with van der Waals surface area (Å²) in [6, 6.07) is 5.26. The Morgan fingerprint density at radius 1 is 1.20 bits per heavy atom. The summed E-state index contributed by atoms with van der Waals surface area (Å²) in [5, 5.41) is 11.9. The number of benzene rings is 1. The van der Waals surface area contributed by atoms with Crippen molar-refractivity contribution in [3.8, 4) is 5.75 Å². The highest BCUT2D eigenvalue weighted by atomic mass is 16.6. The first-order chi connectivity index (χ1) is 14.2. The molecule has 0 amide bonds. The molecule has 0 N–H and O–H groups in total. The summed E-state index contributed by atoms with van der Waals surface area (Å²) in [5.74, 6) is 0.118. The average molecular weight is 421 g/mol. The van der Waals surface area contributed by atoms with Gasteiger partial charge in [-0.15, -0.1) is 0 Å². The molecule has 1 aromatic rings. The van der Waals surface area contributed by atoms with Gasteiger partial charge in [0.1, 0.15) is 11.4 Å². The number of anilines is 1. The first-order valence-corrected chi connectivity index (χ1v) is 11.1. The van der Waals surface area contributed by atoms with Crippen molar-refractivity contribution in [1.29, 1.82) is 0 Å². The van der Waals surface area contributed by atoms with Crippen LogP contribution in [0.2, 0.25) is 0 Å². The Balaban J connectivity index is 2.36. The zero-order valence-corrected chi connectivity index (χ0v) is 18.9. The van der Waals surface area contributed by atoms with E-state index in [1.54, 1.807) is 19.1 Å². The van der Waals surface area contributed by atoms with Crippen molar-refractivity contribution in [2.75, 3.05) is 18.1 Å². The van der Waals surface area contributed by atoms with Crippen molar-refractivity contribution in [2.45, 2.75) is 78.9 Å². The smallest absolute Gasteiger partial charge is 0.347 e. The van der Waals surface area contributed by atoms with E-state index >= 15 is 0 Å². The predicted molar refractivity (Wildman–Crippen MR) is 118 cm³/mol. The maximum atomic E-state index is 12.2. The molecule has 0 aromatic heterocycles. The average Bonchev–Trinajstić information content (AvgIpc) is 2.70. The summed E-state index contributed by atoms with van der Waals surface area (Å²) in [7, 11) is 0. The van der Waals surface area contributed by atoms with E-state index in [4.69, 9.17) is 9.47 Å². The number of carbonyl (C=O) groups is 1. The number of ether oxygens (including phenoxy) is 2. The molecule has 1 saturated carbocycles. The Labute approximate surface area is 179 Å². The summed E-state index contributed by atoms with van der Waals surface area (Å²) in [6.45, 7) is 10.7. The Kier molecular flexibility index (Phi) is 8.93. The summed E-state index contributed by atoms with van der Waals surface area (Å²) >= 11 is 0. The van der Waals surface area contributed by atoms with E-state index in [2.05, 4.69) is 18.7 Å². The number of nitro groups is 1. The van der Waals surface area contributed by atoms with Crippen LogP contribution in [0.3, 0.4) is 0 Å². The third-order valence-corrected chi connectivity index (χ3v) is 5.42. The van der Waals surface area contributed by atoms with Gasteiger partial charge in [-0.2, -0.15) is 0 Å². The lowest BCUT2D eigenvalue weighted by Gasteiger charge is -2.37. The lowest BCUT2D eigenvalue weighted by atomic mass is 9.93. The topological polar surface area (TPSA) is 81.9 Å². The SMILES string of the molecule is CCOC(=O)C(Oc1ccc(N(CC(C)C)C2CCCCC2)c([N+](=O)[O-])c1)C(C)C. The minimum Gasteiger partial charge on any atom is -0.478 e. The maximum Gasteiger partial charge on any atom is 0.347 e. The van der Waals surface area contributed by atoms with E-state index in [1.165, 1.54) is 12.5 Å². The molecule has 1 aliphatic rings. The number of rotatable bonds is 10. The Morgan fingerprint density at radius 3 is 2.40 bits per heavy atom. The van der Waals surface area contributed by atoms with Crippen LogP contribution in [-0.2, 0) is 9.53 Å². The molecule has 2 rings (SSSR count). The second kappa shape index (κ2) is 11.2. The van der Waals surface area contributed by atoms with Gasteiger partial charge < -0.3 is 14.4 Å². The molecule has 7 heteroatoms. The standard InChI is InChI=1S/C23H36N2O5/c1-6-29-23(26)22(17(4)5)30-19-12-13-20(21(14-19)25(27)28)24(15-16(2)3)18-10-8-7-9-11-18/h12-14,16-18,22H,6-11,15H2,1-5H3. The highest BCUT2D eigenvalue weighted by Gasteiger charge is 2.30. The van der Waals surface area contributed by atoms with Crippen molar-refractivity contribution >= 4 is 17.3 Å². The van der Waals surface area contributed by atoms with Crippen molar-refractivity contribution in [1.82, 2.24) is 0 Å². The van der Waals surface area contributed by atoms with Crippen LogP contribution in [0.4, 0.5) is 11.4 Å². The van der Waals surface area contributed by atoms with Crippen LogP contribution in [0, 0.1) is 22.0 Å². The van der Waals surface area contributed by atoms with Gasteiger partial charge in [0.25, 0.3) is 5.69 Å². The zero-order chi connectivity index (χ0) is 22.3. The molecule has 1 aromatic carbocycles. The molecule has 0 heterocycles. The molecule has 1 unspecified atom stereocenters. The van der Waals surface area contributed by atoms with E-state index in [9.17, 15) is 14.9 Å². The van der Waals surface area contributed by atoms with Gasteiger partial charge in [-0.05, 0) is 37.8 Å². The molecule has 7 nitrogen and oxygen atoms in total. The molecule has 0 bridgehead atoms. The molecule has 1 aliphatic carbocycles. The zero-order valence-electron chi connectivity index (χ0n) is 18.9. The molecule has 30 heavy (non-hydrogen) atoms. The molecule has 168 valence electrons. The molecule has 0 aliphatic heterocycles. The van der Waals surface area contributed by atoms with Crippen molar-refractivity contribution < 1.29 is 19.2 Å². The highest BCUT2D eigenvalue weighted by molar-refractivity contribution is 5.75. The van der Waals surface area contributed by atoms with E-state index in [0.29, 0.717) is 23.4 Å². The van der Waals surface area contributed by atoms with Crippen LogP contribution >= 0.6 is 0 Å². The number of carbonyl (C=O) groups excluding carboxylic acids is 1. The van der Waals surface area contributed by atoms with Crippen LogP contribution in [0.25, 0.3) is 0 Å². The van der Waals surface area contributed by atoms with E-state index in [0.717, 1.165) is 32.2 Å². The normalized spacial score (nSPS) is 15.8. The highest BCUT2D eigenvalue weighted by Crippen LogP contribution is 2.37. The number of hydrogen-bond donors (Lipinski definition) is 0. The number of hydrogen-bond acceptors (Lipinski definition) is 6. The largest absolute Gasteiger partial charge is 0.478 e. The van der Waals surface area contributed by atoms with Gasteiger partial charge in [0.2, 0.25) is 0 Å². The van der Waals surface area contributed by atoms with Gasteiger partial charge in [-0.25, -0.2) is 4.79 Å². The van der Waals surface area contributed by atoms with Gasteiger partial charge in [-0.3, -0.25) is 10.1 Å². The third kappa shape index (κ3) is 6.34. The lowest BCUT2D eigenvalue weighted by molar-refractivity contribution is -0.384. The molecule has 0 saturated heterocycles. The second-order valence-corrected chi connectivity index (χ2v) is 8.78. The minimum atomic E-state index is -0.805. The van der Waals surface area contributed by atoms with Crippen molar-refractivity contribution in [2.24, 2.45) is 11.8 Å². The van der Waals surface area contributed by atoms with E-state index in [1.807, 2.05) is 13.8 Å². The van der Waals surface area contributed by atoms with Gasteiger partial charge in [0.05, 0.1) is 17.6 Å². The van der Waals surface area contributed by atoms with Gasteiger partial charge in [-0.1, -0.05) is 47.0 Å². The van der Waals surface area contributed by atoms with E-state index in [-0.39, 0.29) is 23.1 Å². The number of esters is 1. The molecule has 0 radical (unpaired) electrons. The first kappa shape index (κ1) is 24.0. The van der Waals surface area contributed by atoms with Crippen molar-refractivity contribution in [3.63, 3.8) is 0 Å².